The van der Waals surface area contributed by atoms with E-state index in [1.54, 1.807) is 11.3 Å². The molecule has 3 heteroatoms. The van der Waals surface area contributed by atoms with E-state index >= 15 is 0 Å². The van der Waals surface area contributed by atoms with Crippen LogP contribution in [-0.2, 0) is 12.8 Å². The average Bonchev–Trinajstić information content (AvgIpc) is 2.81. The van der Waals surface area contributed by atoms with Gasteiger partial charge >= 0.3 is 0 Å². The monoisotopic (exact) mass is 321 g/mol. The molecule has 0 spiro atoms. The third kappa shape index (κ3) is 5.82. The SMILES string of the molecule is Cc1cccc(CC(CNC(C)C)Cc2ccc(Cl)s2)c1. The summed E-state index contributed by atoms with van der Waals surface area (Å²) in [7, 11) is 0. The normalized spacial score (nSPS) is 12.8. The maximum atomic E-state index is 6.06. The fourth-order valence-corrected chi connectivity index (χ4v) is 3.74. The molecule has 0 bridgehead atoms. The fourth-order valence-electron chi connectivity index (χ4n) is 2.54. The highest BCUT2D eigenvalue weighted by Crippen LogP contribution is 2.25. The Morgan fingerprint density at radius 1 is 1.14 bits per heavy atom. The van der Waals surface area contributed by atoms with Gasteiger partial charge < -0.3 is 5.32 Å². The molecule has 0 saturated carbocycles. The van der Waals surface area contributed by atoms with Crippen LogP contribution < -0.4 is 5.32 Å². The van der Waals surface area contributed by atoms with Crippen LogP contribution in [0.3, 0.4) is 0 Å². The van der Waals surface area contributed by atoms with Crippen LogP contribution in [0.5, 0.6) is 0 Å². The van der Waals surface area contributed by atoms with Gasteiger partial charge in [-0.05, 0) is 49.9 Å². The largest absolute Gasteiger partial charge is 0.314 e. The molecular weight excluding hydrogens is 298 g/mol. The van der Waals surface area contributed by atoms with E-state index in [2.05, 4.69) is 56.4 Å². The van der Waals surface area contributed by atoms with Crippen molar-refractivity contribution in [3.05, 3.63) is 56.7 Å². The van der Waals surface area contributed by atoms with E-state index in [0.29, 0.717) is 12.0 Å². The molecule has 2 rings (SSSR count). The third-order valence-electron chi connectivity index (χ3n) is 3.54. The standard InChI is InChI=1S/C18H24ClNS/c1-13(2)20-12-16(11-17-7-8-18(19)21-17)10-15-6-4-5-14(3)9-15/h4-9,13,16,20H,10-12H2,1-3H3. The lowest BCUT2D eigenvalue weighted by Gasteiger charge is -2.19. The van der Waals surface area contributed by atoms with Gasteiger partial charge in [-0.3, -0.25) is 0 Å². The number of rotatable bonds is 7. The van der Waals surface area contributed by atoms with E-state index in [4.69, 9.17) is 11.6 Å². The smallest absolute Gasteiger partial charge is 0.0931 e. The van der Waals surface area contributed by atoms with E-state index < -0.39 is 0 Å². The first-order valence-corrected chi connectivity index (χ1v) is 8.75. The molecule has 21 heavy (non-hydrogen) atoms. The summed E-state index contributed by atoms with van der Waals surface area (Å²) in [5, 5.41) is 3.58. The van der Waals surface area contributed by atoms with Gasteiger partial charge in [0.05, 0.1) is 4.34 Å². The molecule has 2 aromatic rings. The highest BCUT2D eigenvalue weighted by atomic mass is 35.5. The zero-order valence-corrected chi connectivity index (χ0v) is 14.6. The van der Waals surface area contributed by atoms with Crippen LogP contribution in [0.25, 0.3) is 0 Å². The molecule has 1 nitrogen and oxygen atoms in total. The van der Waals surface area contributed by atoms with Gasteiger partial charge in [0.25, 0.3) is 0 Å². The molecule has 1 heterocycles. The summed E-state index contributed by atoms with van der Waals surface area (Å²) in [5.41, 5.74) is 2.76. The Morgan fingerprint density at radius 2 is 1.95 bits per heavy atom. The molecule has 1 unspecified atom stereocenters. The summed E-state index contributed by atoms with van der Waals surface area (Å²) in [6.45, 7) is 7.60. The van der Waals surface area contributed by atoms with Gasteiger partial charge in [-0.25, -0.2) is 0 Å². The minimum Gasteiger partial charge on any atom is -0.314 e. The lowest BCUT2D eigenvalue weighted by molar-refractivity contribution is 0.446. The molecule has 1 aromatic heterocycles. The van der Waals surface area contributed by atoms with E-state index in [-0.39, 0.29) is 0 Å². The van der Waals surface area contributed by atoms with Gasteiger partial charge in [0.2, 0.25) is 0 Å². The first-order chi connectivity index (χ1) is 10.0. The zero-order chi connectivity index (χ0) is 15.2. The molecule has 0 aliphatic heterocycles. The summed E-state index contributed by atoms with van der Waals surface area (Å²) >= 11 is 7.76. The minimum absolute atomic E-state index is 0.525. The molecule has 1 N–H and O–H groups in total. The number of hydrogen-bond donors (Lipinski definition) is 1. The van der Waals surface area contributed by atoms with Gasteiger partial charge in [0.1, 0.15) is 0 Å². The Bertz CT molecular complexity index is 562. The van der Waals surface area contributed by atoms with Crippen molar-refractivity contribution < 1.29 is 0 Å². The first kappa shape index (κ1) is 16.5. The molecule has 0 saturated heterocycles. The summed E-state index contributed by atoms with van der Waals surface area (Å²) in [4.78, 5) is 1.38. The van der Waals surface area contributed by atoms with Crippen LogP contribution in [0.1, 0.15) is 29.9 Å². The van der Waals surface area contributed by atoms with Crippen molar-refractivity contribution in [2.24, 2.45) is 5.92 Å². The lowest BCUT2D eigenvalue weighted by Crippen LogP contribution is -2.30. The second-order valence-electron chi connectivity index (χ2n) is 6.03. The highest BCUT2D eigenvalue weighted by Gasteiger charge is 2.13. The van der Waals surface area contributed by atoms with E-state index in [9.17, 15) is 0 Å². The van der Waals surface area contributed by atoms with Crippen molar-refractivity contribution in [3.8, 4) is 0 Å². The van der Waals surface area contributed by atoms with Gasteiger partial charge in [0.15, 0.2) is 0 Å². The molecule has 0 aliphatic rings. The van der Waals surface area contributed by atoms with Gasteiger partial charge in [-0.1, -0.05) is 55.3 Å². The van der Waals surface area contributed by atoms with Crippen LogP contribution in [0.15, 0.2) is 36.4 Å². The van der Waals surface area contributed by atoms with Gasteiger partial charge in [-0.15, -0.1) is 11.3 Å². The van der Waals surface area contributed by atoms with E-state index in [0.717, 1.165) is 23.7 Å². The van der Waals surface area contributed by atoms with Gasteiger partial charge in [-0.2, -0.15) is 0 Å². The predicted molar refractivity (Wildman–Crippen MR) is 94.5 cm³/mol. The second-order valence-corrected chi connectivity index (χ2v) is 7.83. The summed E-state index contributed by atoms with van der Waals surface area (Å²) in [5.74, 6) is 0.601. The van der Waals surface area contributed by atoms with E-state index in [1.807, 2.05) is 6.07 Å². The van der Waals surface area contributed by atoms with Gasteiger partial charge in [0, 0.05) is 10.9 Å². The molecule has 0 amide bonds. The number of hydrogen-bond acceptors (Lipinski definition) is 2. The summed E-state index contributed by atoms with van der Waals surface area (Å²) in [6, 6.07) is 13.5. The number of aryl methyl sites for hydroxylation is 1. The van der Waals surface area contributed by atoms with Crippen molar-refractivity contribution in [1.82, 2.24) is 5.32 Å². The van der Waals surface area contributed by atoms with Crippen molar-refractivity contribution in [1.29, 1.82) is 0 Å². The Hall–Kier alpha value is -0.830. The summed E-state index contributed by atoms with van der Waals surface area (Å²) in [6.07, 6.45) is 2.20. The Balaban J connectivity index is 2.04. The van der Waals surface area contributed by atoms with Crippen molar-refractivity contribution in [2.75, 3.05) is 6.54 Å². The zero-order valence-electron chi connectivity index (χ0n) is 13.0. The molecule has 0 radical (unpaired) electrons. The molecule has 0 fully saturated rings. The van der Waals surface area contributed by atoms with Crippen molar-refractivity contribution in [2.45, 2.75) is 39.7 Å². The predicted octanol–water partition coefficient (Wildman–Crippen LogP) is 5.11. The maximum Gasteiger partial charge on any atom is 0.0931 e. The van der Waals surface area contributed by atoms with Crippen LogP contribution in [-0.4, -0.2) is 12.6 Å². The average molecular weight is 322 g/mol. The quantitative estimate of drug-likeness (QED) is 0.747. The van der Waals surface area contributed by atoms with Crippen LogP contribution >= 0.6 is 22.9 Å². The fraction of sp³-hybridized carbons (Fsp3) is 0.444. The number of halogens is 1. The Kier molecular flexibility index (Phi) is 6.28. The first-order valence-electron chi connectivity index (χ1n) is 7.56. The molecule has 1 atom stereocenters. The molecule has 0 aliphatic carbocycles. The number of benzene rings is 1. The lowest BCUT2D eigenvalue weighted by atomic mass is 9.94. The van der Waals surface area contributed by atoms with Crippen LogP contribution in [0.2, 0.25) is 4.34 Å². The molecule has 114 valence electrons. The third-order valence-corrected chi connectivity index (χ3v) is 4.79. The van der Waals surface area contributed by atoms with E-state index in [1.165, 1.54) is 16.0 Å². The molecular formula is C18H24ClNS. The van der Waals surface area contributed by atoms with Crippen LogP contribution in [0.4, 0.5) is 0 Å². The Morgan fingerprint density at radius 3 is 2.57 bits per heavy atom. The Labute approximate surface area is 137 Å². The summed E-state index contributed by atoms with van der Waals surface area (Å²) < 4.78 is 0.885. The maximum absolute atomic E-state index is 6.06. The van der Waals surface area contributed by atoms with Crippen LogP contribution in [0, 0.1) is 12.8 Å². The number of thiophene rings is 1. The minimum atomic E-state index is 0.525. The van der Waals surface area contributed by atoms with Crippen molar-refractivity contribution >= 4 is 22.9 Å². The number of nitrogens with one attached hydrogen (secondary N) is 1. The molecule has 1 aromatic carbocycles. The second kappa shape index (κ2) is 7.98. The van der Waals surface area contributed by atoms with Crippen molar-refractivity contribution in [3.63, 3.8) is 0 Å². The topological polar surface area (TPSA) is 12.0 Å². The highest BCUT2D eigenvalue weighted by molar-refractivity contribution is 7.16.